The second kappa shape index (κ2) is 5.57. The zero-order valence-corrected chi connectivity index (χ0v) is 11.6. The summed E-state index contributed by atoms with van der Waals surface area (Å²) in [7, 11) is 0. The Hall–Kier alpha value is -2.97. The van der Waals surface area contributed by atoms with Gasteiger partial charge in [-0.05, 0) is 19.9 Å². The van der Waals surface area contributed by atoms with Gasteiger partial charge in [0.15, 0.2) is 0 Å². The largest absolute Gasteiger partial charge is 0.403 e. The van der Waals surface area contributed by atoms with E-state index in [9.17, 15) is 0 Å². The number of H-pyrrole nitrogens is 1. The number of anilines is 1. The van der Waals surface area contributed by atoms with Gasteiger partial charge in [-0.3, -0.25) is 5.10 Å². The third kappa shape index (κ3) is 2.96. The molecule has 0 unspecified atom stereocenters. The molecule has 0 saturated heterocycles. The Morgan fingerprint density at radius 1 is 1.33 bits per heavy atom. The minimum Gasteiger partial charge on any atom is -0.403 e. The van der Waals surface area contributed by atoms with Crippen LogP contribution in [0.25, 0.3) is 5.95 Å². The minimum absolute atomic E-state index is 0.151. The number of aryl methyl sites for hydroxylation is 1. The lowest BCUT2D eigenvalue weighted by Gasteiger charge is -2.07. The topological polar surface area (TPSA) is 106 Å². The van der Waals surface area contributed by atoms with Crippen LogP contribution in [0.2, 0.25) is 0 Å². The minimum atomic E-state index is 0.151. The average molecular weight is 286 g/mol. The van der Waals surface area contributed by atoms with Gasteiger partial charge in [-0.25, -0.2) is 4.68 Å². The smallest absolute Gasteiger partial charge is 0.330 e. The molecule has 9 heteroatoms. The molecule has 3 aromatic rings. The van der Waals surface area contributed by atoms with Crippen molar-refractivity contribution in [3.8, 4) is 17.8 Å². The monoisotopic (exact) mass is 286 g/mol. The predicted molar refractivity (Wildman–Crippen MR) is 74.5 cm³/mol. The summed E-state index contributed by atoms with van der Waals surface area (Å²) in [5.41, 5.74) is 0.887. The van der Waals surface area contributed by atoms with Gasteiger partial charge in [0.25, 0.3) is 5.95 Å². The number of hydrogen-bond donors (Lipinski definition) is 2. The Balaban J connectivity index is 1.95. The van der Waals surface area contributed by atoms with Crippen molar-refractivity contribution in [2.75, 3.05) is 11.9 Å². The second-order valence-corrected chi connectivity index (χ2v) is 4.21. The molecule has 0 amide bonds. The summed E-state index contributed by atoms with van der Waals surface area (Å²) in [6.07, 6.45) is 3.39. The van der Waals surface area contributed by atoms with Gasteiger partial charge in [0, 0.05) is 30.7 Å². The van der Waals surface area contributed by atoms with E-state index in [0.717, 1.165) is 5.69 Å². The highest BCUT2D eigenvalue weighted by atomic mass is 16.5. The normalized spacial score (nSPS) is 10.6. The van der Waals surface area contributed by atoms with Gasteiger partial charge in [0.2, 0.25) is 11.8 Å². The van der Waals surface area contributed by atoms with Crippen molar-refractivity contribution in [2.24, 2.45) is 0 Å². The second-order valence-electron chi connectivity index (χ2n) is 4.21. The van der Waals surface area contributed by atoms with Gasteiger partial charge >= 0.3 is 6.01 Å². The first-order valence-corrected chi connectivity index (χ1v) is 6.44. The Labute approximate surface area is 120 Å². The van der Waals surface area contributed by atoms with E-state index in [2.05, 4.69) is 35.6 Å². The van der Waals surface area contributed by atoms with E-state index >= 15 is 0 Å². The van der Waals surface area contributed by atoms with Crippen molar-refractivity contribution >= 4 is 5.95 Å². The summed E-state index contributed by atoms with van der Waals surface area (Å²) >= 11 is 0. The molecule has 0 aliphatic carbocycles. The quantitative estimate of drug-likeness (QED) is 0.728. The molecule has 0 fully saturated rings. The molecule has 3 rings (SSSR count). The first-order valence-electron chi connectivity index (χ1n) is 6.44. The molecule has 0 bridgehead atoms. The van der Waals surface area contributed by atoms with E-state index in [1.54, 1.807) is 24.5 Å². The van der Waals surface area contributed by atoms with Crippen LogP contribution in [0.1, 0.15) is 12.6 Å². The lowest BCUT2D eigenvalue weighted by atomic mass is 10.5. The maximum absolute atomic E-state index is 5.54. The fourth-order valence-corrected chi connectivity index (χ4v) is 1.66. The molecule has 0 aromatic carbocycles. The number of aromatic amines is 1. The highest BCUT2D eigenvalue weighted by molar-refractivity contribution is 5.31. The van der Waals surface area contributed by atoms with E-state index in [1.807, 2.05) is 13.8 Å². The maximum atomic E-state index is 5.54. The summed E-state index contributed by atoms with van der Waals surface area (Å²) < 4.78 is 7.07. The summed E-state index contributed by atoms with van der Waals surface area (Å²) in [5, 5.41) is 13.9. The first-order chi connectivity index (χ1) is 10.2. The molecular formula is C12H14N8O. The number of nitrogens with zero attached hydrogens (tertiary/aromatic N) is 6. The third-order valence-corrected chi connectivity index (χ3v) is 2.53. The molecule has 0 aliphatic rings. The van der Waals surface area contributed by atoms with Gasteiger partial charge < -0.3 is 10.1 Å². The fraction of sp³-hybridized carbons (Fsp3) is 0.250. The average Bonchev–Trinajstić information content (AvgIpc) is 3.11. The molecule has 0 spiro atoms. The Bertz CT molecular complexity index is 721. The lowest BCUT2D eigenvalue weighted by Crippen LogP contribution is -2.10. The molecule has 9 nitrogen and oxygen atoms in total. The molecule has 108 valence electrons. The van der Waals surface area contributed by atoms with E-state index in [0.29, 0.717) is 24.3 Å². The molecule has 0 atom stereocenters. The van der Waals surface area contributed by atoms with Crippen LogP contribution >= 0.6 is 0 Å². The fourth-order valence-electron chi connectivity index (χ4n) is 1.66. The van der Waals surface area contributed by atoms with Crippen molar-refractivity contribution in [3.63, 3.8) is 0 Å². The van der Waals surface area contributed by atoms with Crippen LogP contribution in [-0.2, 0) is 0 Å². The van der Waals surface area contributed by atoms with Crippen LogP contribution in [0, 0.1) is 6.92 Å². The zero-order chi connectivity index (χ0) is 14.7. The van der Waals surface area contributed by atoms with Crippen LogP contribution in [0.3, 0.4) is 0 Å². The van der Waals surface area contributed by atoms with Gasteiger partial charge in [-0.2, -0.15) is 20.1 Å². The standard InChI is InChI=1S/C12H14N8O/c1-3-13-10-15-11(20-6-4-5-14-20)17-12(16-10)21-9-7-8(2)18-19-9/h4-7H,3H2,1-2H3,(H,18,19)(H,13,15,16,17). The Kier molecular flexibility index (Phi) is 3.46. The van der Waals surface area contributed by atoms with Crippen molar-refractivity contribution in [1.29, 1.82) is 0 Å². The maximum Gasteiger partial charge on any atom is 0.330 e. The number of rotatable bonds is 5. The van der Waals surface area contributed by atoms with Crippen molar-refractivity contribution in [2.45, 2.75) is 13.8 Å². The third-order valence-electron chi connectivity index (χ3n) is 2.53. The summed E-state index contributed by atoms with van der Waals surface area (Å²) in [5.74, 6) is 1.18. The summed E-state index contributed by atoms with van der Waals surface area (Å²) in [4.78, 5) is 12.7. The highest BCUT2D eigenvalue weighted by Gasteiger charge is 2.11. The van der Waals surface area contributed by atoms with Gasteiger partial charge in [-0.15, -0.1) is 5.10 Å². The molecule has 3 heterocycles. The van der Waals surface area contributed by atoms with Crippen molar-refractivity contribution in [1.82, 2.24) is 34.9 Å². The van der Waals surface area contributed by atoms with E-state index in [-0.39, 0.29) is 6.01 Å². The Morgan fingerprint density at radius 2 is 2.24 bits per heavy atom. The molecule has 2 N–H and O–H groups in total. The molecule has 0 radical (unpaired) electrons. The van der Waals surface area contributed by atoms with Gasteiger partial charge in [0.05, 0.1) is 0 Å². The SMILES string of the molecule is CCNc1nc(Oc2cc(C)[nH]n2)nc(-n2cccn2)n1. The van der Waals surface area contributed by atoms with Crippen LogP contribution in [0.15, 0.2) is 24.5 Å². The first kappa shape index (κ1) is 13.0. The van der Waals surface area contributed by atoms with E-state index < -0.39 is 0 Å². The Morgan fingerprint density at radius 3 is 2.90 bits per heavy atom. The molecular weight excluding hydrogens is 272 g/mol. The van der Waals surface area contributed by atoms with E-state index in [1.165, 1.54) is 4.68 Å². The van der Waals surface area contributed by atoms with Crippen LogP contribution in [0.4, 0.5) is 5.95 Å². The summed E-state index contributed by atoms with van der Waals surface area (Å²) in [6.45, 7) is 4.52. The van der Waals surface area contributed by atoms with Gasteiger partial charge in [-0.1, -0.05) is 0 Å². The molecule has 0 saturated carbocycles. The lowest BCUT2D eigenvalue weighted by molar-refractivity contribution is 0.421. The number of nitrogens with one attached hydrogen (secondary N) is 2. The van der Waals surface area contributed by atoms with Crippen LogP contribution in [0.5, 0.6) is 11.9 Å². The van der Waals surface area contributed by atoms with Gasteiger partial charge in [0.1, 0.15) is 0 Å². The van der Waals surface area contributed by atoms with E-state index in [4.69, 9.17) is 4.74 Å². The zero-order valence-electron chi connectivity index (χ0n) is 11.6. The van der Waals surface area contributed by atoms with Crippen LogP contribution < -0.4 is 10.1 Å². The van der Waals surface area contributed by atoms with Crippen molar-refractivity contribution in [3.05, 3.63) is 30.2 Å². The van der Waals surface area contributed by atoms with Crippen LogP contribution in [-0.4, -0.2) is 41.5 Å². The molecule has 0 aliphatic heterocycles. The predicted octanol–water partition coefficient (Wildman–Crippen LogP) is 1.31. The van der Waals surface area contributed by atoms with Crippen molar-refractivity contribution < 1.29 is 4.74 Å². The number of aromatic nitrogens is 7. The molecule has 21 heavy (non-hydrogen) atoms. The summed E-state index contributed by atoms with van der Waals surface area (Å²) in [6, 6.07) is 3.69. The highest BCUT2D eigenvalue weighted by Crippen LogP contribution is 2.17. The molecule has 3 aromatic heterocycles. The number of hydrogen-bond acceptors (Lipinski definition) is 7. The number of ether oxygens (including phenoxy) is 1.